The fraction of sp³-hybridized carbons (Fsp3) is 0.222. The average molecular weight is 325 g/mol. The van der Waals surface area contributed by atoms with Gasteiger partial charge in [-0.3, -0.25) is 4.79 Å². The Bertz CT molecular complexity index is 886. The third-order valence-electron chi connectivity index (χ3n) is 3.91. The lowest BCUT2D eigenvalue weighted by Crippen LogP contribution is -2.16. The van der Waals surface area contributed by atoms with E-state index in [0.717, 1.165) is 22.6 Å². The zero-order valence-corrected chi connectivity index (χ0v) is 13.9. The van der Waals surface area contributed by atoms with Crippen molar-refractivity contribution < 1.29 is 14.3 Å². The standard InChI is InChI=1S/C18H19N3O3/c1-12-14(5-7-17-19-8-9-21(12)17)20-18(22)11-13-4-6-15(23-2)16(10-13)24-3/h4-10H,11H2,1-3H3,(H,20,22). The fourth-order valence-electron chi connectivity index (χ4n) is 2.63. The van der Waals surface area contributed by atoms with E-state index < -0.39 is 0 Å². The van der Waals surface area contributed by atoms with Crippen LogP contribution in [-0.2, 0) is 11.2 Å². The Kier molecular flexibility index (Phi) is 4.37. The van der Waals surface area contributed by atoms with Crippen LogP contribution in [0.5, 0.6) is 11.5 Å². The predicted molar refractivity (Wildman–Crippen MR) is 91.8 cm³/mol. The van der Waals surface area contributed by atoms with E-state index in [4.69, 9.17) is 9.47 Å². The van der Waals surface area contributed by atoms with Gasteiger partial charge in [-0.2, -0.15) is 0 Å². The number of methoxy groups -OCH3 is 2. The van der Waals surface area contributed by atoms with Gasteiger partial charge in [-0.1, -0.05) is 6.07 Å². The van der Waals surface area contributed by atoms with Crippen molar-refractivity contribution in [3.05, 3.63) is 54.0 Å². The van der Waals surface area contributed by atoms with Crippen molar-refractivity contribution in [2.24, 2.45) is 0 Å². The van der Waals surface area contributed by atoms with Crippen LogP contribution in [0.15, 0.2) is 42.7 Å². The molecule has 1 N–H and O–H groups in total. The van der Waals surface area contributed by atoms with E-state index in [2.05, 4.69) is 10.3 Å². The van der Waals surface area contributed by atoms with Crippen LogP contribution in [0.1, 0.15) is 11.3 Å². The third-order valence-corrected chi connectivity index (χ3v) is 3.91. The zero-order chi connectivity index (χ0) is 17.1. The van der Waals surface area contributed by atoms with Gasteiger partial charge in [0.15, 0.2) is 11.5 Å². The van der Waals surface area contributed by atoms with Crippen LogP contribution in [0.3, 0.4) is 0 Å². The van der Waals surface area contributed by atoms with Gasteiger partial charge >= 0.3 is 0 Å². The van der Waals surface area contributed by atoms with Crippen LogP contribution in [0.4, 0.5) is 5.69 Å². The molecule has 0 atom stereocenters. The number of carbonyl (C=O) groups is 1. The number of hydrogen-bond donors (Lipinski definition) is 1. The van der Waals surface area contributed by atoms with Crippen molar-refractivity contribution in [3.63, 3.8) is 0 Å². The van der Waals surface area contributed by atoms with Crippen LogP contribution in [0.2, 0.25) is 0 Å². The summed E-state index contributed by atoms with van der Waals surface area (Å²) in [4.78, 5) is 16.6. The molecule has 0 radical (unpaired) electrons. The van der Waals surface area contributed by atoms with Gasteiger partial charge in [-0.15, -0.1) is 0 Å². The van der Waals surface area contributed by atoms with Gasteiger partial charge in [0.05, 0.1) is 26.3 Å². The molecular formula is C18H19N3O3. The molecule has 3 rings (SSSR count). The van der Waals surface area contributed by atoms with Crippen molar-refractivity contribution in [3.8, 4) is 11.5 Å². The summed E-state index contributed by atoms with van der Waals surface area (Å²) in [6.45, 7) is 1.95. The molecule has 1 amide bonds. The van der Waals surface area contributed by atoms with E-state index in [1.54, 1.807) is 26.5 Å². The molecule has 0 bridgehead atoms. The number of pyridine rings is 1. The summed E-state index contributed by atoms with van der Waals surface area (Å²) in [6, 6.07) is 9.20. The van der Waals surface area contributed by atoms with Gasteiger partial charge in [0.25, 0.3) is 0 Å². The van der Waals surface area contributed by atoms with Gasteiger partial charge in [0.2, 0.25) is 5.91 Å². The van der Waals surface area contributed by atoms with Crippen molar-refractivity contribution >= 4 is 17.2 Å². The molecule has 2 aromatic heterocycles. The molecule has 24 heavy (non-hydrogen) atoms. The third kappa shape index (κ3) is 3.03. The molecule has 124 valence electrons. The van der Waals surface area contributed by atoms with E-state index in [1.807, 2.05) is 41.8 Å². The second-order valence-corrected chi connectivity index (χ2v) is 5.40. The molecule has 3 aromatic rings. The number of nitrogens with zero attached hydrogens (tertiary/aromatic N) is 2. The van der Waals surface area contributed by atoms with Gasteiger partial charge in [-0.05, 0) is 36.8 Å². The maximum atomic E-state index is 12.4. The van der Waals surface area contributed by atoms with E-state index in [1.165, 1.54) is 0 Å². The summed E-state index contributed by atoms with van der Waals surface area (Å²) in [5.41, 5.74) is 3.41. The molecular weight excluding hydrogens is 306 g/mol. The molecule has 0 saturated heterocycles. The van der Waals surface area contributed by atoms with Crippen LogP contribution in [0, 0.1) is 6.92 Å². The lowest BCUT2D eigenvalue weighted by Gasteiger charge is -2.12. The molecule has 0 unspecified atom stereocenters. The highest BCUT2D eigenvalue weighted by atomic mass is 16.5. The second kappa shape index (κ2) is 6.62. The highest BCUT2D eigenvalue weighted by Crippen LogP contribution is 2.28. The predicted octanol–water partition coefficient (Wildman–Crippen LogP) is 2.84. The number of aryl methyl sites for hydroxylation is 1. The normalized spacial score (nSPS) is 10.6. The van der Waals surface area contributed by atoms with Gasteiger partial charge < -0.3 is 19.2 Å². The van der Waals surface area contributed by atoms with E-state index in [0.29, 0.717) is 11.5 Å². The maximum Gasteiger partial charge on any atom is 0.228 e. The number of imidazole rings is 1. The number of fused-ring (bicyclic) bond motifs is 1. The fourth-order valence-corrected chi connectivity index (χ4v) is 2.63. The van der Waals surface area contributed by atoms with E-state index in [-0.39, 0.29) is 12.3 Å². The average Bonchev–Trinajstić information content (AvgIpc) is 3.06. The lowest BCUT2D eigenvalue weighted by atomic mass is 10.1. The molecule has 6 nitrogen and oxygen atoms in total. The molecule has 0 fully saturated rings. The Hall–Kier alpha value is -3.02. The second-order valence-electron chi connectivity index (χ2n) is 5.40. The molecule has 0 spiro atoms. The Morgan fingerprint density at radius 1 is 1.17 bits per heavy atom. The summed E-state index contributed by atoms with van der Waals surface area (Å²) in [5.74, 6) is 1.16. The first-order valence-corrected chi connectivity index (χ1v) is 7.56. The SMILES string of the molecule is COc1ccc(CC(=O)Nc2ccc3nccn3c2C)cc1OC. The van der Waals surface area contributed by atoms with Gasteiger partial charge in [0.1, 0.15) is 5.65 Å². The Morgan fingerprint density at radius 3 is 2.71 bits per heavy atom. The monoisotopic (exact) mass is 325 g/mol. The van der Waals surface area contributed by atoms with Crippen molar-refractivity contribution in [1.82, 2.24) is 9.38 Å². The first kappa shape index (κ1) is 15.9. The summed E-state index contributed by atoms with van der Waals surface area (Å²) in [7, 11) is 3.16. The molecule has 2 heterocycles. The maximum absolute atomic E-state index is 12.4. The number of ether oxygens (including phenoxy) is 2. The topological polar surface area (TPSA) is 64.9 Å². The molecule has 6 heteroatoms. The zero-order valence-electron chi connectivity index (χ0n) is 13.9. The number of anilines is 1. The first-order chi connectivity index (χ1) is 11.6. The first-order valence-electron chi connectivity index (χ1n) is 7.56. The van der Waals surface area contributed by atoms with Gasteiger partial charge in [-0.25, -0.2) is 4.98 Å². The summed E-state index contributed by atoms with van der Waals surface area (Å²) >= 11 is 0. The number of aromatic nitrogens is 2. The number of hydrogen-bond acceptors (Lipinski definition) is 4. The number of nitrogens with one attached hydrogen (secondary N) is 1. The van der Waals surface area contributed by atoms with Crippen LogP contribution in [0.25, 0.3) is 5.65 Å². The van der Waals surface area contributed by atoms with E-state index in [9.17, 15) is 4.79 Å². The minimum atomic E-state index is -0.0928. The molecule has 0 aliphatic carbocycles. The van der Waals surface area contributed by atoms with Crippen LogP contribution >= 0.6 is 0 Å². The number of amides is 1. The summed E-state index contributed by atoms with van der Waals surface area (Å²) in [5, 5.41) is 2.95. The van der Waals surface area contributed by atoms with Crippen LogP contribution in [-0.4, -0.2) is 29.5 Å². The smallest absolute Gasteiger partial charge is 0.228 e. The summed E-state index contributed by atoms with van der Waals surface area (Å²) in [6.07, 6.45) is 3.86. The van der Waals surface area contributed by atoms with Gasteiger partial charge in [0, 0.05) is 18.1 Å². The molecule has 0 aliphatic heterocycles. The quantitative estimate of drug-likeness (QED) is 0.783. The lowest BCUT2D eigenvalue weighted by molar-refractivity contribution is -0.115. The largest absolute Gasteiger partial charge is 0.493 e. The molecule has 0 saturated carbocycles. The summed E-state index contributed by atoms with van der Waals surface area (Å²) < 4.78 is 12.4. The molecule has 0 aliphatic rings. The highest BCUT2D eigenvalue weighted by molar-refractivity contribution is 5.93. The Morgan fingerprint density at radius 2 is 1.96 bits per heavy atom. The molecule has 1 aromatic carbocycles. The number of benzene rings is 1. The van der Waals surface area contributed by atoms with E-state index >= 15 is 0 Å². The highest BCUT2D eigenvalue weighted by Gasteiger charge is 2.11. The van der Waals surface area contributed by atoms with Crippen molar-refractivity contribution in [2.45, 2.75) is 13.3 Å². The minimum Gasteiger partial charge on any atom is -0.493 e. The minimum absolute atomic E-state index is 0.0928. The van der Waals surface area contributed by atoms with Crippen molar-refractivity contribution in [1.29, 1.82) is 0 Å². The number of carbonyl (C=O) groups excluding carboxylic acids is 1. The van der Waals surface area contributed by atoms with Crippen LogP contribution < -0.4 is 14.8 Å². The van der Waals surface area contributed by atoms with Crippen molar-refractivity contribution in [2.75, 3.05) is 19.5 Å². The Balaban J connectivity index is 1.76. The number of rotatable bonds is 5. The Labute approximate surface area is 140 Å².